The fourth-order valence-corrected chi connectivity index (χ4v) is 2.10. The maximum absolute atomic E-state index is 6.14. The molecule has 0 saturated carbocycles. The first-order valence-electron chi connectivity index (χ1n) is 6.04. The van der Waals surface area contributed by atoms with Gasteiger partial charge < -0.3 is 9.73 Å². The molecule has 0 amide bonds. The van der Waals surface area contributed by atoms with Gasteiger partial charge in [-0.2, -0.15) is 5.10 Å². The highest BCUT2D eigenvalue weighted by Crippen LogP contribution is 2.21. The van der Waals surface area contributed by atoms with E-state index in [2.05, 4.69) is 17.3 Å². The lowest BCUT2D eigenvalue weighted by Gasteiger charge is -2.14. The Bertz CT molecular complexity index is 505. The number of aromatic nitrogens is 2. The Balaban J connectivity index is 1.91. The predicted molar refractivity (Wildman–Crippen MR) is 71.8 cm³/mol. The van der Waals surface area contributed by atoms with Gasteiger partial charge in [-0.05, 0) is 32.9 Å². The molecular weight excluding hydrogens is 250 g/mol. The van der Waals surface area contributed by atoms with E-state index < -0.39 is 0 Å². The Hall–Kier alpha value is -1.26. The summed E-state index contributed by atoms with van der Waals surface area (Å²) in [5.41, 5.74) is 1.90. The molecule has 2 aromatic rings. The molecule has 1 N–H and O–H groups in total. The first-order chi connectivity index (χ1) is 8.59. The van der Waals surface area contributed by atoms with Crippen LogP contribution in [0.15, 0.2) is 22.8 Å². The van der Waals surface area contributed by atoms with Crippen molar-refractivity contribution in [1.29, 1.82) is 0 Å². The van der Waals surface area contributed by atoms with Crippen LogP contribution in [0.25, 0.3) is 0 Å². The third-order valence-corrected chi connectivity index (χ3v) is 3.52. The molecule has 0 spiro atoms. The molecule has 0 aliphatic carbocycles. The SMILES string of the molecule is Cc1nn(C(C)CNCc2ccco2)c(C)c1Cl. The molecule has 1 unspecified atom stereocenters. The van der Waals surface area contributed by atoms with Crippen molar-refractivity contribution in [2.24, 2.45) is 0 Å². The number of hydrogen-bond acceptors (Lipinski definition) is 3. The number of nitrogens with zero attached hydrogens (tertiary/aromatic N) is 2. The van der Waals surface area contributed by atoms with E-state index in [0.717, 1.165) is 35.3 Å². The van der Waals surface area contributed by atoms with E-state index in [4.69, 9.17) is 16.0 Å². The predicted octanol–water partition coefficient (Wildman–Crippen LogP) is 3.10. The molecule has 2 heterocycles. The minimum atomic E-state index is 0.256. The van der Waals surface area contributed by atoms with Gasteiger partial charge in [-0.25, -0.2) is 0 Å². The van der Waals surface area contributed by atoms with E-state index in [9.17, 15) is 0 Å². The highest BCUT2D eigenvalue weighted by atomic mass is 35.5. The second-order valence-electron chi connectivity index (χ2n) is 4.49. The fourth-order valence-electron chi connectivity index (χ4n) is 1.98. The summed E-state index contributed by atoms with van der Waals surface area (Å²) in [6.45, 7) is 7.58. The van der Waals surface area contributed by atoms with E-state index in [1.807, 2.05) is 30.7 Å². The summed E-state index contributed by atoms with van der Waals surface area (Å²) >= 11 is 6.14. The normalized spacial score (nSPS) is 12.9. The van der Waals surface area contributed by atoms with E-state index in [-0.39, 0.29) is 6.04 Å². The van der Waals surface area contributed by atoms with Gasteiger partial charge in [0.1, 0.15) is 5.76 Å². The number of aryl methyl sites for hydroxylation is 1. The van der Waals surface area contributed by atoms with Gasteiger partial charge >= 0.3 is 0 Å². The molecular formula is C13H18ClN3O. The van der Waals surface area contributed by atoms with Crippen molar-refractivity contribution in [3.63, 3.8) is 0 Å². The molecule has 0 fully saturated rings. The van der Waals surface area contributed by atoms with E-state index >= 15 is 0 Å². The van der Waals surface area contributed by atoms with Crippen molar-refractivity contribution < 1.29 is 4.42 Å². The zero-order valence-electron chi connectivity index (χ0n) is 10.9. The Morgan fingerprint density at radius 1 is 1.50 bits per heavy atom. The number of halogens is 1. The summed E-state index contributed by atoms with van der Waals surface area (Å²) in [7, 11) is 0. The van der Waals surface area contributed by atoms with Gasteiger partial charge in [-0.3, -0.25) is 4.68 Å². The molecule has 0 saturated heterocycles. The van der Waals surface area contributed by atoms with Gasteiger partial charge in [0.05, 0.1) is 35.3 Å². The van der Waals surface area contributed by atoms with E-state index in [1.165, 1.54) is 0 Å². The first kappa shape index (κ1) is 13.2. The summed E-state index contributed by atoms with van der Waals surface area (Å²) in [5.74, 6) is 0.939. The van der Waals surface area contributed by atoms with E-state index in [1.54, 1.807) is 6.26 Å². The van der Waals surface area contributed by atoms with Crippen LogP contribution in [-0.4, -0.2) is 16.3 Å². The van der Waals surface area contributed by atoms with Gasteiger partial charge in [0.25, 0.3) is 0 Å². The number of hydrogen-bond donors (Lipinski definition) is 1. The Labute approximate surface area is 112 Å². The van der Waals surface area contributed by atoms with Crippen molar-refractivity contribution in [2.45, 2.75) is 33.4 Å². The Morgan fingerprint density at radius 2 is 2.28 bits per heavy atom. The molecule has 18 heavy (non-hydrogen) atoms. The average molecular weight is 268 g/mol. The summed E-state index contributed by atoms with van der Waals surface area (Å²) in [4.78, 5) is 0. The van der Waals surface area contributed by atoms with Gasteiger partial charge in [0.2, 0.25) is 0 Å². The van der Waals surface area contributed by atoms with Crippen molar-refractivity contribution in [3.8, 4) is 0 Å². The molecule has 98 valence electrons. The van der Waals surface area contributed by atoms with Crippen molar-refractivity contribution in [3.05, 3.63) is 40.6 Å². The first-order valence-corrected chi connectivity index (χ1v) is 6.41. The Morgan fingerprint density at radius 3 is 2.83 bits per heavy atom. The second kappa shape index (κ2) is 5.59. The van der Waals surface area contributed by atoms with Crippen LogP contribution in [0.4, 0.5) is 0 Å². The van der Waals surface area contributed by atoms with Gasteiger partial charge in [-0.15, -0.1) is 0 Å². The molecule has 2 aromatic heterocycles. The summed E-state index contributed by atoms with van der Waals surface area (Å²) in [6, 6.07) is 4.10. The quantitative estimate of drug-likeness (QED) is 0.905. The second-order valence-corrected chi connectivity index (χ2v) is 4.87. The van der Waals surface area contributed by atoms with Crippen LogP contribution in [0.2, 0.25) is 5.02 Å². The van der Waals surface area contributed by atoms with Gasteiger partial charge in [-0.1, -0.05) is 11.6 Å². The molecule has 0 aliphatic rings. The van der Waals surface area contributed by atoms with Gasteiger partial charge in [0, 0.05) is 6.54 Å². The zero-order valence-corrected chi connectivity index (χ0v) is 11.7. The van der Waals surface area contributed by atoms with Crippen LogP contribution in [0.3, 0.4) is 0 Å². The lowest BCUT2D eigenvalue weighted by molar-refractivity contribution is 0.421. The third kappa shape index (κ3) is 2.76. The van der Waals surface area contributed by atoms with E-state index in [0.29, 0.717) is 0 Å². The zero-order chi connectivity index (χ0) is 13.1. The highest BCUT2D eigenvalue weighted by Gasteiger charge is 2.13. The molecule has 1 atom stereocenters. The van der Waals surface area contributed by atoms with Crippen LogP contribution in [0.1, 0.15) is 30.1 Å². The molecule has 0 radical (unpaired) electrons. The molecule has 0 aliphatic heterocycles. The fraction of sp³-hybridized carbons (Fsp3) is 0.462. The number of rotatable bonds is 5. The molecule has 5 heteroatoms. The van der Waals surface area contributed by atoms with Crippen molar-refractivity contribution >= 4 is 11.6 Å². The standard InChI is InChI=1S/C13H18ClN3O/c1-9(7-15-8-12-5-4-6-18-12)17-11(3)13(14)10(2)16-17/h4-6,9,15H,7-8H2,1-3H3. The monoisotopic (exact) mass is 267 g/mol. The maximum Gasteiger partial charge on any atom is 0.117 e. The molecule has 2 rings (SSSR count). The minimum absolute atomic E-state index is 0.256. The summed E-state index contributed by atoms with van der Waals surface area (Å²) in [6.07, 6.45) is 1.68. The lowest BCUT2D eigenvalue weighted by atomic mass is 10.3. The van der Waals surface area contributed by atoms with Crippen molar-refractivity contribution in [2.75, 3.05) is 6.54 Å². The topological polar surface area (TPSA) is 43.0 Å². The van der Waals surface area contributed by atoms with Crippen LogP contribution >= 0.6 is 11.6 Å². The van der Waals surface area contributed by atoms with Crippen LogP contribution in [-0.2, 0) is 6.54 Å². The van der Waals surface area contributed by atoms with Crippen LogP contribution in [0.5, 0.6) is 0 Å². The molecule has 0 aromatic carbocycles. The lowest BCUT2D eigenvalue weighted by Crippen LogP contribution is -2.24. The average Bonchev–Trinajstić information content (AvgIpc) is 2.94. The molecule has 0 bridgehead atoms. The minimum Gasteiger partial charge on any atom is -0.468 e. The molecule has 4 nitrogen and oxygen atoms in total. The Kier molecular flexibility index (Phi) is 4.09. The van der Waals surface area contributed by atoms with Crippen LogP contribution in [0, 0.1) is 13.8 Å². The summed E-state index contributed by atoms with van der Waals surface area (Å²) in [5, 5.41) is 8.55. The van der Waals surface area contributed by atoms with Crippen molar-refractivity contribution in [1.82, 2.24) is 15.1 Å². The largest absolute Gasteiger partial charge is 0.468 e. The van der Waals surface area contributed by atoms with Crippen LogP contribution < -0.4 is 5.32 Å². The third-order valence-electron chi connectivity index (χ3n) is 2.97. The summed E-state index contributed by atoms with van der Waals surface area (Å²) < 4.78 is 7.23. The smallest absolute Gasteiger partial charge is 0.117 e. The highest BCUT2D eigenvalue weighted by molar-refractivity contribution is 6.31. The maximum atomic E-state index is 6.14. The number of furan rings is 1. The van der Waals surface area contributed by atoms with Gasteiger partial charge in [0.15, 0.2) is 0 Å². The number of nitrogens with one attached hydrogen (secondary N) is 1.